The van der Waals surface area contributed by atoms with Crippen LogP contribution in [0.1, 0.15) is 94.4 Å². The maximum absolute atomic E-state index is 11.8. The number of ether oxygens (including phenoxy) is 3. The molecule has 0 bridgehead atoms. The van der Waals surface area contributed by atoms with Gasteiger partial charge in [0.05, 0.1) is 26.0 Å². The summed E-state index contributed by atoms with van der Waals surface area (Å²) >= 11 is 0. The zero-order chi connectivity index (χ0) is 28.6. The Hall–Kier alpha value is -3.83. The normalized spacial score (nSPS) is 14.1. The Bertz CT molecular complexity index is 1410. The van der Waals surface area contributed by atoms with Crippen molar-refractivity contribution in [1.29, 1.82) is 0 Å². The summed E-state index contributed by atoms with van der Waals surface area (Å²) in [5.41, 5.74) is 9.56. The van der Waals surface area contributed by atoms with E-state index in [0.717, 1.165) is 65.3 Å². The standard InChI is InChI=1S/C32H33NO4.C3H8.2CH4/c1-20(27-10-8-24(22(3)34)18-32(27)35-4)16-23-6-5-7-28(21(23)2)25-9-11-31(29(17-25)30-19-33-30)37-26-12-14-36-15-13-26;1-3-2;;/h5-11,16-19,26,33H,12-15H2,1-4H3;3H2,1-2H3;2*1H4/b20-16+;;;. The molecule has 5 nitrogen and oxygen atoms in total. The van der Waals surface area contributed by atoms with Gasteiger partial charge in [0, 0.05) is 35.7 Å². The van der Waals surface area contributed by atoms with Crippen LogP contribution >= 0.6 is 0 Å². The van der Waals surface area contributed by atoms with Gasteiger partial charge < -0.3 is 19.5 Å². The van der Waals surface area contributed by atoms with E-state index in [2.05, 4.69) is 75.5 Å². The molecule has 5 heteroatoms. The van der Waals surface area contributed by atoms with Gasteiger partial charge in [-0.25, -0.2) is 0 Å². The Labute approximate surface area is 253 Å². The summed E-state index contributed by atoms with van der Waals surface area (Å²) in [5.74, 6) is 1.64. The minimum atomic E-state index is 0. The molecule has 1 saturated heterocycles. The lowest BCUT2D eigenvalue weighted by Crippen LogP contribution is -2.26. The van der Waals surface area contributed by atoms with E-state index >= 15 is 0 Å². The summed E-state index contributed by atoms with van der Waals surface area (Å²) in [6, 6.07) is 18.5. The molecule has 2 aliphatic rings. The van der Waals surface area contributed by atoms with Gasteiger partial charge in [-0.05, 0) is 66.8 Å². The van der Waals surface area contributed by atoms with Gasteiger partial charge >= 0.3 is 0 Å². The van der Waals surface area contributed by atoms with Crippen LogP contribution in [0.4, 0.5) is 0 Å². The molecule has 42 heavy (non-hydrogen) atoms. The minimum Gasteiger partial charge on any atom is -0.496 e. The van der Waals surface area contributed by atoms with Gasteiger partial charge in [0.1, 0.15) is 17.6 Å². The number of carbonyl (C=O) groups is 1. The van der Waals surface area contributed by atoms with E-state index in [-0.39, 0.29) is 26.7 Å². The Morgan fingerprint density at radius 2 is 1.67 bits per heavy atom. The molecule has 0 amide bonds. The Balaban J connectivity index is 0.00000118. The minimum absolute atomic E-state index is 0. The molecule has 226 valence electrons. The summed E-state index contributed by atoms with van der Waals surface area (Å²) in [4.78, 5) is 11.8. The Kier molecular flexibility index (Phi) is 13.1. The lowest BCUT2D eigenvalue weighted by atomic mass is 9.93. The predicted octanol–water partition coefficient (Wildman–Crippen LogP) is 9.58. The number of ketones is 1. The van der Waals surface area contributed by atoms with Crippen LogP contribution in [-0.4, -0.2) is 32.2 Å². The van der Waals surface area contributed by atoms with Crippen molar-refractivity contribution in [3.8, 4) is 22.6 Å². The number of carbonyl (C=O) groups excluding carboxylic acids is 1. The zero-order valence-corrected chi connectivity index (χ0v) is 24.6. The smallest absolute Gasteiger partial charge is 0.159 e. The molecular formula is C37H49NO4. The molecular weight excluding hydrogens is 522 g/mol. The quantitative estimate of drug-likeness (QED) is 0.215. The van der Waals surface area contributed by atoms with Gasteiger partial charge in [-0.1, -0.05) is 77.6 Å². The third kappa shape index (κ3) is 8.36. The summed E-state index contributed by atoms with van der Waals surface area (Å²) in [5, 5.41) is 3.24. The van der Waals surface area contributed by atoms with Crippen molar-refractivity contribution < 1.29 is 19.0 Å². The topological polar surface area (TPSA) is 66.7 Å². The number of hydrogen-bond acceptors (Lipinski definition) is 5. The fraction of sp³-hybridized carbons (Fsp3) is 0.378. The highest BCUT2D eigenvalue weighted by molar-refractivity contribution is 5.95. The highest BCUT2D eigenvalue weighted by Gasteiger charge is 2.21. The number of nitrogens with one attached hydrogen (secondary N) is 1. The lowest BCUT2D eigenvalue weighted by Gasteiger charge is -2.24. The van der Waals surface area contributed by atoms with Crippen molar-refractivity contribution in [2.45, 2.75) is 74.8 Å². The van der Waals surface area contributed by atoms with E-state index in [4.69, 9.17) is 14.2 Å². The summed E-state index contributed by atoms with van der Waals surface area (Å²) in [6.07, 6.45) is 7.47. The SMILES string of the molecule is C.C.CCC.COc1cc(C(C)=O)ccc1/C(C)=C/c1cccc(-c2ccc(OC3CCOCC3)c(C3=CN3)c2)c1C. The largest absolute Gasteiger partial charge is 0.496 e. The number of allylic oxidation sites excluding steroid dienone is 1. The van der Waals surface area contributed by atoms with Crippen molar-refractivity contribution in [1.82, 2.24) is 5.32 Å². The van der Waals surface area contributed by atoms with E-state index in [0.29, 0.717) is 11.3 Å². The third-order valence-corrected chi connectivity index (χ3v) is 7.11. The van der Waals surface area contributed by atoms with Crippen LogP contribution in [0, 0.1) is 6.92 Å². The summed E-state index contributed by atoms with van der Waals surface area (Å²) < 4.78 is 17.5. The first-order chi connectivity index (χ1) is 19.4. The molecule has 0 saturated carbocycles. The second kappa shape index (κ2) is 16.0. The maximum atomic E-state index is 11.8. The van der Waals surface area contributed by atoms with Crippen molar-refractivity contribution in [3.05, 3.63) is 88.6 Å². The third-order valence-electron chi connectivity index (χ3n) is 7.11. The molecule has 2 heterocycles. The maximum Gasteiger partial charge on any atom is 0.159 e. The van der Waals surface area contributed by atoms with Crippen molar-refractivity contribution >= 4 is 23.1 Å². The van der Waals surface area contributed by atoms with Crippen LogP contribution in [0.3, 0.4) is 0 Å². The highest BCUT2D eigenvalue weighted by Crippen LogP contribution is 2.37. The number of benzene rings is 3. The number of hydrogen-bond donors (Lipinski definition) is 1. The van der Waals surface area contributed by atoms with E-state index in [1.165, 1.54) is 17.5 Å². The van der Waals surface area contributed by atoms with Crippen LogP contribution in [0.15, 0.2) is 60.8 Å². The van der Waals surface area contributed by atoms with Gasteiger partial charge in [0.2, 0.25) is 0 Å². The molecule has 5 rings (SSSR count). The monoisotopic (exact) mass is 571 g/mol. The van der Waals surface area contributed by atoms with E-state index in [1.54, 1.807) is 14.0 Å². The van der Waals surface area contributed by atoms with Gasteiger partial charge in [0.25, 0.3) is 0 Å². The average Bonchev–Trinajstić information content (AvgIpc) is 3.81. The molecule has 2 aliphatic heterocycles. The predicted molar refractivity (Wildman–Crippen MR) is 178 cm³/mol. The van der Waals surface area contributed by atoms with Gasteiger partial charge in [-0.3, -0.25) is 4.79 Å². The molecule has 0 atom stereocenters. The van der Waals surface area contributed by atoms with Crippen LogP contribution in [0.2, 0.25) is 0 Å². The zero-order valence-electron chi connectivity index (χ0n) is 24.6. The molecule has 0 aliphatic carbocycles. The molecule has 0 aromatic heterocycles. The van der Waals surface area contributed by atoms with Crippen LogP contribution in [-0.2, 0) is 4.74 Å². The first-order valence-electron chi connectivity index (χ1n) is 14.2. The Morgan fingerprint density at radius 1 is 0.976 bits per heavy atom. The van der Waals surface area contributed by atoms with Crippen LogP contribution < -0.4 is 14.8 Å². The summed E-state index contributed by atoms with van der Waals surface area (Å²) in [7, 11) is 1.64. The van der Waals surface area contributed by atoms with Crippen LogP contribution in [0.25, 0.3) is 28.5 Å². The Morgan fingerprint density at radius 3 is 2.29 bits per heavy atom. The van der Waals surface area contributed by atoms with Crippen molar-refractivity contribution in [2.75, 3.05) is 20.3 Å². The second-order valence-corrected chi connectivity index (χ2v) is 10.4. The average molecular weight is 572 g/mol. The van der Waals surface area contributed by atoms with Gasteiger partial charge in [0.15, 0.2) is 5.78 Å². The first kappa shape index (κ1) is 34.4. The molecule has 3 aromatic carbocycles. The molecule has 0 radical (unpaired) electrons. The second-order valence-electron chi connectivity index (χ2n) is 10.4. The van der Waals surface area contributed by atoms with Crippen LogP contribution in [0.5, 0.6) is 11.5 Å². The molecule has 1 fully saturated rings. The lowest BCUT2D eigenvalue weighted by molar-refractivity contribution is 0.0254. The fourth-order valence-electron chi connectivity index (χ4n) is 4.85. The molecule has 0 spiro atoms. The van der Waals surface area contributed by atoms with Crippen molar-refractivity contribution in [3.63, 3.8) is 0 Å². The van der Waals surface area contributed by atoms with Gasteiger partial charge in [-0.15, -0.1) is 0 Å². The van der Waals surface area contributed by atoms with E-state index in [9.17, 15) is 4.79 Å². The summed E-state index contributed by atoms with van der Waals surface area (Å²) in [6.45, 7) is 11.6. The molecule has 1 N–H and O–H groups in total. The number of rotatable bonds is 8. The molecule has 0 unspecified atom stereocenters. The van der Waals surface area contributed by atoms with E-state index in [1.807, 2.05) is 24.4 Å². The fourth-order valence-corrected chi connectivity index (χ4v) is 4.85. The highest BCUT2D eigenvalue weighted by atomic mass is 16.5. The molecule has 3 aromatic rings. The van der Waals surface area contributed by atoms with Crippen molar-refractivity contribution in [2.24, 2.45) is 0 Å². The van der Waals surface area contributed by atoms with Gasteiger partial charge in [-0.2, -0.15) is 0 Å². The van der Waals surface area contributed by atoms with E-state index < -0.39 is 0 Å². The number of methoxy groups -OCH3 is 1. The first-order valence-corrected chi connectivity index (χ1v) is 14.2. The number of Topliss-reactive ketones (excluding diaryl/α,β-unsaturated/α-hetero) is 1.